The van der Waals surface area contributed by atoms with Gasteiger partial charge in [0.05, 0.1) is 7.11 Å². The molecule has 0 aliphatic carbocycles. The zero-order valence-electron chi connectivity index (χ0n) is 16.1. The van der Waals surface area contributed by atoms with Gasteiger partial charge in [-0.05, 0) is 48.5 Å². The molecule has 0 aromatic heterocycles. The van der Waals surface area contributed by atoms with Crippen molar-refractivity contribution in [3.05, 3.63) is 59.8 Å². The van der Waals surface area contributed by atoms with E-state index >= 15 is 0 Å². The molecule has 7 nitrogen and oxygen atoms in total. The van der Waals surface area contributed by atoms with Crippen LogP contribution in [0.25, 0.3) is 0 Å². The van der Waals surface area contributed by atoms with Gasteiger partial charge in [-0.3, -0.25) is 0 Å². The van der Waals surface area contributed by atoms with Crippen molar-refractivity contribution in [1.82, 2.24) is 0 Å². The Morgan fingerprint density at radius 3 is 1.69 bits per heavy atom. The summed E-state index contributed by atoms with van der Waals surface area (Å²) in [5.41, 5.74) is 2.66. The maximum Gasteiger partial charge on any atom is 0.163 e. The van der Waals surface area contributed by atoms with Crippen LogP contribution < -0.4 is 19.9 Å². The largest absolute Gasteiger partial charge is 0.497 e. The number of nitrogens with zero attached hydrogens (tertiary/aromatic N) is 5. The number of piperazine rings is 1. The second-order valence-corrected chi connectivity index (χ2v) is 6.43. The third-order valence-electron chi connectivity index (χ3n) is 4.80. The third kappa shape index (κ3) is 4.58. The van der Waals surface area contributed by atoms with Crippen LogP contribution in [0.1, 0.15) is 0 Å². The molecule has 0 unspecified atom stereocenters. The van der Waals surface area contributed by atoms with Crippen LogP contribution in [0.15, 0.2) is 59.8 Å². The Hall–Kier alpha value is -4.15. The van der Waals surface area contributed by atoms with Crippen molar-refractivity contribution in [2.24, 2.45) is 0 Å². The van der Waals surface area contributed by atoms with E-state index in [0.717, 1.165) is 37.6 Å². The van der Waals surface area contributed by atoms with Crippen LogP contribution in [0.3, 0.4) is 0 Å². The number of rotatable bonds is 5. The number of nitrogens with one attached hydrogen (secondary N) is 1. The fourth-order valence-electron chi connectivity index (χ4n) is 3.20. The Bertz CT molecular complexity index is 982. The average Bonchev–Trinajstić information content (AvgIpc) is 2.80. The van der Waals surface area contributed by atoms with Gasteiger partial charge in [-0.2, -0.15) is 15.8 Å². The Balaban J connectivity index is 1.62. The first-order valence-electron chi connectivity index (χ1n) is 9.14. The van der Waals surface area contributed by atoms with Crippen LogP contribution >= 0.6 is 0 Å². The third-order valence-corrected chi connectivity index (χ3v) is 4.80. The molecule has 2 aromatic rings. The normalized spacial score (nSPS) is 12.9. The Morgan fingerprint density at radius 1 is 0.793 bits per heavy atom. The first-order chi connectivity index (χ1) is 14.2. The van der Waals surface area contributed by atoms with Gasteiger partial charge in [0, 0.05) is 43.2 Å². The zero-order valence-corrected chi connectivity index (χ0v) is 16.1. The lowest BCUT2D eigenvalue weighted by Gasteiger charge is -2.37. The molecule has 1 heterocycles. The Labute approximate surface area is 170 Å². The van der Waals surface area contributed by atoms with E-state index in [1.165, 1.54) is 5.69 Å². The van der Waals surface area contributed by atoms with Gasteiger partial charge in [-0.25, -0.2) is 0 Å². The Kier molecular flexibility index (Phi) is 6.20. The molecule has 1 fully saturated rings. The standard InChI is InChI=1S/C22H20N6O/c1-29-21-8-6-20(7-9-21)28-12-10-27(11-13-28)19-4-2-18(3-5-19)26-22(16-25)17(14-23)15-24/h2-9,26H,10-13H2,1H3. The molecule has 0 atom stereocenters. The molecule has 2 aromatic carbocycles. The maximum absolute atomic E-state index is 9.13. The van der Waals surface area contributed by atoms with Crippen molar-refractivity contribution in [3.8, 4) is 24.0 Å². The van der Waals surface area contributed by atoms with Gasteiger partial charge < -0.3 is 19.9 Å². The fraction of sp³-hybridized carbons (Fsp3) is 0.227. The van der Waals surface area contributed by atoms with Gasteiger partial charge >= 0.3 is 0 Å². The maximum atomic E-state index is 9.13. The molecule has 1 aliphatic rings. The SMILES string of the molecule is COc1ccc(N2CCN(c3ccc(NC(C#N)=C(C#N)C#N)cc3)CC2)cc1. The lowest BCUT2D eigenvalue weighted by molar-refractivity contribution is 0.415. The van der Waals surface area contributed by atoms with Gasteiger partial charge in [-0.1, -0.05) is 0 Å². The van der Waals surface area contributed by atoms with Crippen molar-refractivity contribution in [2.45, 2.75) is 0 Å². The van der Waals surface area contributed by atoms with Crippen LogP contribution in [-0.4, -0.2) is 33.3 Å². The number of nitriles is 3. The van der Waals surface area contributed by atoms with Crippen LogP contribution in [0, 0.1) is 34.0 Å². The first-order valence-corrected chi connectivity index (χ1v) is 9.14. The monoisotopic (exact) mass is 384 g/mol. The van der Waals surface area contributed by atoms with Crippen molar-refractivity contribution in [2.75, 3.05) is 48.4 Å². The average molecular weight is 384 g/mol. The van der Waals surface area contributed by atoms with Gasteiger partial charge in [0.15, 0.2) is 5.57 Å². The van der Waals surface area contributed by atoms with Crippen LogP contribution in [0.2, 0.25) is 0 Å². The second-order valence-electron chi connectivity index (χ2n) is 6.43. The van der Waals surface area contributed by atoms with E-state index < -0.39 is 0 Å². The highest BCUT2D eigenvalue weighted by molar-refractivity contribution is 5.62. The number of hydrogen-bond acceptors (Lipinski definition) is 7. The van der Waals surface area contributed by atoms with E-state index in [2.05, 4.69) is 27.2 Å². The van der Waals surface area contributed by atoms with E-state index in [1.54, 1.807) is 19.2 Å². The number of ether oxygens (including phenoxy) is 1. The van der Waals surface area contributed by atoms with Gasteiger partial charge in [0.25, 0.3) is 0 Å². The fourth-order valence-corrected chi connectivity index (χ4v) is 3.20. The van der Waals surface area contributed by atoms with Crippen molar-refractivity contribution >= 4 is 17.1 Å². The number of allylic oxidation sites excluding steroid dienone is 2. The summed E-state index contributed by atoms with van der Waals surface area (Å²) >= 11 is 0. The molecular formula is C22H20N6O. The summed E-state index contributed by atoms with van der Waals surface area (Å²) in [5, 5.41) is 29.8. The molecule has 0 spiro atoms. The topological polar surface area (TPSA) is 99.1 Å². The first kappa shape index (κ1) is 19.6. The lowest BCUT2D eigenvalue weighted by Crippen LogP contribution is -2.46. The highest BCUT2D eigenvalue weighted by atomic mass is 16.5. The molecule has 1 N–H and O–H groups in total. The van der Waals surface area contributed by atoms with Crippen LogP contribution in [0.5, 0.6) is 5.75 Å². The minimum atomic E-state index is -0.230. The van der Waals surface area contributed by atoms with Crippen LogP contribution in [-0.2, 0) is 0 Å². The van der Waals surface area contributed by atoms with Gasteiger partial charge in [-0.15, -0.1) is 0 Å². The highest BCUT2D eigenvalue weighted by Crippen LogP contribution is 2.24. The second kappa shape index (κ2) is 9.17. The summed E-state index contributed by atoms with van der Waals surface area (Å²) in [4.78, 5) is 4.65. The Morgan fingerprint density at radius 2 is 1.28 bits per heavy atom. The molecular weight excluding hydrogens is 364 g/mol. The van der Waals surface area contributed by atoms with E-state index in [0.29, 0.717) is 5.69 Å². The van der Waals surface area contributed by atoms with Crippen molar-refractivity contribution < 1.29 is 4.74 Å². The lowest BCUT2D eigenvalue weighted by atomic mass is 10.2. The molecule has 144 valence electrons. The smallest absolute Gasteiger partial charge is 0.163 e. The molecule has 1 saturated heterocycles. The summed E-state index contributed by atoms with van der Waals surface area (Å²) in [6.07, 6.45) is 0. The van der Waals surface area contributed by atoms with Crippen LogP contribution in [0.4, 0.5) is 17.1 Å². The van der Waals surface area contributed by atoms with E-state index in [-0.39, 0.29) is 11.3 Å². The van der Waals surface area contributed by atoms with Gasteiger partial charge in [0.2, 0.25) is 0 Å². The molecule has 0 radical (unpaired) electrons. The summed E-state index contributed by atoms with van der Waals surface area (Å²) < 4.78 is 5.21. The van der Waals surface area contributed by atoms with E-state index in [4.69, 9.17) is 20.5 Å². The summed E-state index contributed by atoms with van der Waals surface area (Å²) in [6, 6.07) is 21.0. The number of benzene rings is 2. The molecule has 0 bridgehead atoms. The summed E-state index contributed by atoms with van der Waals surface area (Å²) in [6.45, 7) is 3.63. The van der Waals surface area contributed by atoms with E-state index in [9.17, 15) is 0 Å². The molecule has 29 heavy (non-hydrogen) atoms. The van der Waals surface area contributed by atoms with E-state index in [1.807, 2.05) is 42.5 Å². The van der Waals surface area contributed by atoms with Crippen molar-refractivity contribution in [3.63, 3.8) is 0 Å². The quantitative estimate of drug-likeness (QED) is 0.790. The predicted octanol–water partition coefficient (Wildman–Crippen LogP) is 3.26. The van der Waals surface area contributed by atoms with Crippen molar-refractivity contribution in [1.29, 1.82) is 15.8 Å². The highest BCUT2D eigenvalue weighted by Gasteiger charge is 2.17. The molecule has 1 aliphatic heterocycles. The molecule has 7 heteroatoms. The molecule has 0 amide bonds. The molecule has 0 saturated carbocycles. The number of anilines is 3. The minimum Gasteiger partial charge on any atom is -0.497 e. The summed E-state index contributed by atoms with van der Waals surface area (Å²) in [7, 11) is 1.66. The predicted molar refractivity (Wildman–Crippen MR) is 111 cm³/mol. The van der Waals surface area contributed by atoms with Gasteiger partial charge in [0.1, 0.15) is 29.7 Å². The minimum absolute atomic E-state index is 0.0455. The number of methoxy groups -OCH3 is 1. The zero-order chi connectivity index (χ0) is 20.6. The molecule has 3 rings (SSSR count). The number of hydrogen-bond donors (Lipinski definition) is 1. The summed E-state index contributed by atoms with van der Waals surface area (Å²) in [5.74, 6) is 0.854.